The maximum absolute atomic E-state index is 12.5. The fourth-order valence-corrected chi connectivity index (χ4v) is 2.34. The summed E-state index contributed by atoms with van der Waals surface area (Å²) < 4.78 is 1.60. The van der Waals surface area contributed by atoms with Crippen LogP contribution in [0, 0.1) is 6.92 Å². The molecule has 6 nitrogen and oxygen atoms in total. The molecule has 23 heavy (non-hydrogen) atoms. The van der Waals surface area contributed by atoms with E-state index in [1.54, 1.807) is 48.9 Å². The molecule has 0 saturated carbocycles. The second-order valence-electron chi connectivity index (χ2n) is 4.61. The zero-order chi connectivity index (χ0) is 14.9. The Balaban J connectivity index is 0. The molecular weight excluding hydrogens is 333 g/mol. The molecule has 4 N–H and O–H groups in total. The minimum Gasteiger partial charge on any atom is -0.550 e. The van der Waals surface area contributed by atoms with Crippen molar-refractivity contribution in [2.24, 2.45) is 7.05 Å². The number of carboxylic acid groups (broad SMARTS) is 1. The Kier molecular flexibility index (Phi) is 10.3. The molecule has 2 aromatic rings. The van der Waals surface area contributed by atoms with E-state index >= 15 is 0 Å². The van der Waals surface area contributed by atoms with Crippen LogP contribution in [-0.2, 0) is 18.3 Å². The van der Waals surface area contributed by atoms with E-state index in [4.69, 9.17) is 11.6 Å². The Hall–Kier alpha value is -1.15. The Labute approximate surface area is 161 Å². The van der Waals surface area contributed by atoms with E-state index in [1.165, 1.54) is 0 Å². The molecule has 8 heteroatoms. The number of aryl methyl sites for hydroxylation is 1. The van der Waals surface area contributed by atoms with E-state index in [0.29, 0.717) is 22.0 Å². The second kappa shape index (κ2) is 9.87. The molecule has 0 unspecified atom stereocenters. The first-order chi connectivity index (χ1) is 9.40. The second-order valence-corrected chi connectivity index (χ2v) is 5.05. The molecule has 0 aliphatic carbocycles. The van der Waals surface area contributed by atoms with E-state index in [2.05, 4.69) is 0 Å². The molecule has 0 radical (unpaired) electrons. The van der Waals surface area contributed by atoms with Gasteiger partial charge in [-0.05, 0) is 42.8 Å². The summed E-state index contributed by atoms with van der Waals surface area (Å²) in [6.45, 7) is 1.78. The van der Waals surface area contributed by atoms with Crippen molar-refractivity contribution < 1.29 is 55.2 Å². The topological polar surface area (TPSA) is 125 Å². The number of hydrogen-bond acceptors (Lipinski definition) is 3. The first kappa shape index (κ1) is 24.1. The van der Waals surface area contributed by atoms with Gasteiger partial charge in [0.1, 0.15) is 0 Å². The number of nitrogens with zero attached hydrogens (tertiary/aromatic N) is 1. The van der Waals surface area contributed by atoms with Crippen LogP contribution in [-0.4, -0.2) is 27.3 Å². The molecule has 2 rings (SSSR count). The van der Waals surface area contributed by atoms with Crippen molar-refractivity contribution in [1.82, 2.24) is 4.57 Å². The van der Waals surface area contributed by atoms with Crippen LogP contribution in [0.3, 0.4) is 0 Å². The van der Waals surface area contributed by atoms with Gasteiger partial charge in [-0.15, -0.1) is 0 Å². The number of carbonyl (C=O) groups is 2. The number of aromatic nitrogens is 1. The molecule has 0 bridgehead atoms. The summed E-state index contributed by atoms with van der Waals surface area (Å²) in [7, 11) is 1.68. The average molecular weight is 350 g/mol. The fraction of sp³-hybridized carbons (Fsp3) is 0.200. The van der Waals surface area contributed by atoms with E-state index in [1.807, 2.05) is 0 Å². The molecule has 0 spiro atoms. The SMILES string of the molecule is Cc1cc(CC(=O)[O-])n(C)c1C(=O)c1ccc(Cl)cc1.O.O.[Na+]. The standard InChI is InChI=1S/C15H14ClNO3.Na.2H2O/c1-9-7-12(8-13(18)19)17(2)14(9)15(20)10-3-5-11(16)6-4-10;;;/h3-7H,8H2,1-2H3,(H,18,19);;2*1H2/q;+1;;/p-1. The van der Waals surface area contributed by atoms with Crippen LogP contribution in [0.2, 0.25) is 5.02 Å². The minimum absolute atomic E-state index is 0. The molecule has 1 heterocycles. The molecule has 1 aromatic heterocycles. The van der Waals surface area contributed by atoms with Crippen molar-refractivity contribution >= 4 is 23.4 Å². The number of benzene rings is 1. The van der Waals surface area contributed by atoms with Crippen molar-refractivity contribution in [3.8, 4) is 0 Å². The maximum Gasteiger partial charge on any atom is 1.00 e. The molecule has 0 fully saturated rings. The first-order valence-electron chi connectivity index (χ1n) is 6.05. The third-order valence-electron chi connectivity index (χ3n) is 3.17. The minimum atomic E-state index is -1.17. The van der Waals surface area contributed by atoms with Crippen LogP contribution in [0.5, 0.6) is 0 Å². The first-order valence-corrected chi connectivity index (χ1v) is 6.43. The van der Waals surface area contributed by atoms with E-state index < -0.39 is 5.97 Å². The number of carbonyl (C=O) groups excluding carboxylic acids is 2. The third kappa shape index (κ3) is 5.46. The Morgan fingerprint density at radius 1 is 1.17 bits per heavy atom. The van der Waals surface area contributed by atoms with E-state index in [9.17, 15) is 14.7 Å². The Bertz CT molecular complexity index is 682. The molecule has 0 saturated heterocycles. The van der Waals surface area contributed by atoms with Gasteiger partial charge in [-0.1, -0.05) is 11.6 Å². The molecule has 0 aliphatic heterocycles. The third-order valence-corrected chi connectivity index (χ3v) is 3.42. The van der Waals surface area contributed by atoms with Gasteiger partial charge in [0.25, 0.3) is 0 Å². The molecular formula is C15H17ClNNaO5. The Morgan fingerprint density at radius 2 is 1.70 bits per heavy atom. The van der Waals surface area contributed by atoms with Gasteiger partial charge in [0.2, 0.25) is 5.78 Å². The van der Waals surface area contributed by atoms with Crippen molar-refractivity contribution in [2.45, 2.75) is 13.3 Å². The van der Waals surface area contributed by atoms with Crippen LogP contribution in [0.15, 0.2) is 30.3 Å². The van der Waals surface area contributed by atoms with Gasteiger partial charge in [-0.3, -0.25) is 4.79 Å². The smallest absolute Gasteiger partial charge is 0.550 e. The Morgan fingerprint density at radius 3 is 2.17 bits per heavy atom. The van der Waals surface area contributed by atoms with Gasteiger partial charge in [0.15, 0.2) is 0 Å². The molecule has 0 amide bonds. The summed E-state index contributed by atoms with van der Waals surface area (Å²) in [6, 6.07) is 8.29. The molecule has 0 atom stereocenters. The molecule has 1 aromatic carbocycles. The predicted octanol–water partition coefficient (Wildman–Crippen LogP) is -3.14. The van der Waals surface area contributed by atoms with Gasteiger partial charge in [0.05, 0.1) is 5.69 Å². The molecule has 0 aliphatic rings. The number of hydrogen-bond donors (Lipinski definition) is 0. The number of rotatable bonds is 4. The number of halogens is 1. The van der Waals surface area contributed by atoms with Gasteiger partial charge in [0, 0.05) is 35.7 Å². The summed E-state index contributed by atoms with van der Waals surface area (Å²) in [6.07, 6.45) is -0.217. The summed E-state index contributed by atoms with van der Waals surface area (Å²) >= 11 is 5.80. The van der Waals surface area contributed by atoms with Gasteiger partial charge in [-0.25, -0.2) is 0 Å². The van der Waals surface area contributed by atoms with Crippen LogP contribution < -0.4 is 34.7 Å². The van der Waals surface area contributed by atoms with Gasteiger partial charge >= 0.3 is 29.6 Å². The quantitative estimate of drug-likeness (QED) is 0.428. The number of carboxylic acids is 1. The van der Waals surface area contributed by atoms with E-state index in [0.717, 1.165) is 5.56 Å². The van der Waals surface area contributed by atoms with Crippen molar-refractivity contribution in [3.63, 3.8) is 0 Å². The van der Waals surface area contributed by atoms with E-state index in [-0.39, 0.29) is 52.7 Å². The predicted molar refractivity (Wildman–Crippen MR) is 81.0 cm³/mol. The largest absolute Gasteiger partial charge is 1.00 e. The maximum atomic E-state index is 12.5. The average Bonchev–Trinajstić information content (AvgIpc) is 2.64. The fourth-order valence-electron chi connectivity index (χ4n) is 2.21. The number of aliphatic carboxylic acids is 1. The summed E-state index contributed by atoms with van der Waals surface area (Å²) in [4.78, 5) is 23.2. The van der Waals surface area contributed by atoms with Crippen LogP contribution in [0.25, 0.3) is 0 Å². The van der Waals surface area contributed by atoms with Crippen LogP contribution in [0.1, 0.15) is 27.3 Å². The number of ketones is 1. The summed E-state index contributed by atoms with van der Waals surface area (Å²) in [5.74, 6) is -1.33. The monoisotopic (exact) mass is 349 g/mol. The van der Waals surface area contributed by atoms with Gasteiger partial charge in [-0.2, -0.15) is 0 Å². The van der Waals surface area contributed by atoms with Gasteiger partial charge < -0.3 is 25.4 Å². The van der Waals surface area contributed by atoms with Crippen LogP contribution in [0.4, 0.5) is 0 Å². The van der Waals surface area contributed by atoms with Crippen molar-refractivity contribution in [2.75, 3.05) is 0 Å². The molecule has 120 valence electrons. The van der Waals surface area contributed by atoms with Crippen molar-refractivity contribution in [3.05, 3.63) is 57.9 Å². The van der Waals surface area contributed by atoms with Crippen molar-refractivity contribution in [1.29, 1.82) is 0 Å². The van der Waals surface area contributed by atoms with Crippen LogP contribution >= 0.6 is 11.6 Å². The normalized spacial score (nSPS) is 9.17. The summed E-state index contributed by atoms with van der Waals surface area (Å²) in [5, 5.41) is 11.3. The zero-order valence-corrected chi connectivity index (χ0v) is 15.9. The summed E-state index contributed by atoms with van der Waals surface area (Å²) in [5.41, 5.74) is 2.27. The zero-order valence-electron chi connectivity index (χ0n) is 13.1.